The molecule has 2 nitrogen and oxygen atoms in total. The van der Waals surface area contributed by atoms with E-state index in [-0.39, 0.29) is 12.4 Å². The van der Waals surface area contributed by atoms with E-state index < -0.39 is 0 Å². The van der Waals surface area contributed by atoms with Crippen LogP contribution >= 0.6 is 12.4 Å². The summed E-state index contributed by atoms with van der Waals surface area (Å²) in [7, 11) is 4.06. The summed E-state index contributed by atoms with van der Waals surface area (Å²) in [5, 5.41) is 0. The quantitative estimate of drug-likeness (QED) is 0.250. The van der Waals surface area contributed by atoms with Crippen LogP contribution in [0.5, 0.6) is 0 Å². The summed E-state index contributed by atoms with van der Waals surface area (Å²) in [6.07, 6.45) is 20.8. The number of hydrogen-bond acceptors (Lipinski definition) is 2. The van der Waals surface area contributed by atoms with Crippen molar-refractivity contribution in [3.05, 3.63) is 0 Å². The predicted molar refractivity (Wildman–Crippen MR) is 110 cm³/mol. The molecule has 0 unspecified atom stereocenters. The largest absolute Gasteiger partial charge is 0.309 e. The molecule has 0 amide bonds. The summed E-state index contributed by atoms with van der Waals surface area (Å²) in [6, 6.07) is 0. The number of carbonyl (C=O) groups excluding carboxylic acids is 1. The highest BCUT2D eigenvalue weighted by Gasteiger charge is 2.02. The minimum Gasteiger partial charge on any atom is -0.309 e. The molecule has 0 fully saturated rings. The van der Waals surface area contributed by atoms with Crippen molar-refractivity contribution in [2.24, 2.45) is 0 Å². The van der Waals surface area contributed by atoms with Crippen LogP contribution in [-0.2, 0) is 4.79 Å². The molecule has 0 aromatic heterocycles. The van der Waals surface area contributed by atoms with Crippen LogP contribution in [0.25, 0.3) is 0 Å². The number of ketones is 1. The summed E-state index contributed by atoms with van der Waals surface area (Å²) in [6.45, 7) is 3.18. The van der Waals surface area contributed by atoms with Crippen LogP contribution in [0, 0.1) is 0 Å². The fourth-order valence-electron chi connectivity index (χ4n) is 2.99. The Labute approximate surface area is 158 Å². The number of hydrogen-bond donors (Lipinski definition) is 0. The van der Waals surface area contributed by atoms with Crippen LogP contribution in [-0.4, -0.2) is 31.3 Å². The fraction of sp³-hybridized carbons (Fsp3) is 0.952. The lowest BCUT2D eigenvalue weighted by Crippen LogP contribution is -2.16. The van der Waals surface area contributed by atoms with Crippen LogP contribution in [0.3, 0.4) is 0 Å². The summed E-state index contributed by atoms with van der Waals surface area (Å²) in [5.41, 5.74) is 0. The van der Waals surface area contributed by atoms with Gasteiger partial charge in [0, 0.05) is 19.4 Å². The van der Waals surface area contributed by atoms with Gasteiger partial charge >= 0.3 is 0 Å². The van der Waals surface area contributed by atoms with E-state index in [1.54, 1.807) is 0 Å². The van der Waals surface area contributed by atoms with Crippen molar-refractivity contribution in [3.63, 3.8) is 0 Å². The molecule has 0 rings (SSSR count). The summed E-state index contributed by atoms with van der Waals surface area (Å²) < 4.78 is 0. The zero-order valence-electron chi connectivity index (χ0n) is 16.8. The van der Waals surface area contributed by atoms with Gasteiger partial charge in [0.25, 0.3) is 0 Å². The molecule has 0 saturated carbocycles. The normalized spacial score (nSPS) is 10.8. The third kappa shape index (κ3) is 21.9. The number of Topliss-reactive ketones (excluding diaryl/α,β-unsaturated/α-hetero) is 1. The zero-order chi connectivity index (χ0) is 17.2. The molecule has 0 aliphatic carbocycles. The van der Waals surface area contributed by atoms with Crippen LogP contribution in [0.15, 0.2) is 0 Å². The topological polar surface area (TPSA) is 20.3 Å². The second-order valence-corrected chi connectivity index (χ2v) is 7.44. The molecule has 0 radical (unpaired) electrons. The number of unbranched alkanes of at least 4 members (excludes halogenated alkanes) is 13. The fourth-order valence-corrected chi connectivity index (χ4v) is 2.99. The SMILES string of the molecule is CCCCCCCCCCCCCCCCC(=O)CCN(C)C.Cl. The standard InChI is InChI=1S/C21H43NO.ClH/c1-4-5-6-7-8-9-10-11-12-13-14-15-16-17-18-21(23)19-20-22(2)3;/h4-20H2,1-3H3;1H. The third-order valence-electron chi connectivity index (χ3n) is 4.65. The molecule has 0 N–H and O–H groups in total. The van der Waals surface area contributed by atoms with E-state index in [1.165, 1.54) is 83.5 Å². The molecule has 0 spiro atoms. The van der Waals surface area contributed by atoms with Gasteiger partial charge < -0.3 is 4.90 Å². The molecule has 0 aliphatic rings. The van der Waals surface area contributed by atoms with Crippen molar-refractivity contribution in [2.75, 3.05) is 20.6 Å². The third-order valence-corrected chi connectivity index (χ3v) is 4.65. The molecule has 0 aromatic carbocycles. The first-order valence-corrected chi connectivity index (χ1v) is 10.3. The van der Waals surface area contributed by atoms with Crippen molar-refractivity contribution in [2.45, 2.75) is 110 Å². The van der Waals surface area contributed by atoms with Crippen LogP contribution in [0.4, 0.5) is 0 Å². The van der Waals surface area contributed by atoms with Crippen molar-refractivity contribution < 1.29 is 4.79 Å². The van der Waals surface area contributed by atoms with Gasteiger partial charge in [-0.15, -0.1) is 12.4 Å². The number of carbonyl (C=O) groups is 1. The average Bonchev–Trinajstić information content (AvgIpc) is 2.53. The van der Waals surface area contributed by atoms with Gasteiger partial charge in [-0.2, -0.15) is 0 Å². The molecule has 146 valence electrons. The Bertz CT molecular complexity index is 256. The number of halogens is 1. The van der Waals surface area contributed by atoms with Gasteiger partial charge in [0.05, 0.1) is 0 Å². The smallest absolute Gasteiger partial charge is 0.134 e. The molecular weight excluding hydrogens is 318 g/mol. The first-order valence-electron chi connectivity index (χ1n) is 10.3. The number of nitrogens with zero attached hydrogens (tertiary/aromatic N) is 1. The van der Waals surface area contributed by atoms with Crippen molar-refractivity contribution in [1.82, 2.24) is 4.90 Å². The molecule has 0 saturated heterocycles. The Morgan fingerprint density at radius 3 is 1.38 bits per heavy atom. The zero-order valence-corrected chi connectivity index (χ0v) is 17.6. The van der Waals surface area contributed by atoms with Crippen LogP contribution < -0.4 is 0 Å². The van der Waals surface area contributed by atoms with E-state index in [9.17, 15) is 4.79 Å². The maximum Gasteiger partial charge on any atom is 0.134 e. The first kappa shape index (κ1) is 26.2. The van der Waals surface area contributed by atoms with Crippen molar-refractivity contribution in [1.29, 1.82) is 0 Å². The summed E-state index contributed by atoms with van der Waals surface area (Å²) >= 11 is 0. The van der Waals surface area contributed by atoms with E-state index in [2.05, 4.69) is 11.8 Å². The van der Waals surface area contributed by atoms with Gasteiger partial charge in [-0.3, -0.25) is 4.79 Å². The van der Waals surface area contributed by atoms with E-state index in [4.69, 9.17) is 0 Å². The van der Waals surface area contributed by atoms with E-state index in [1.807, 2.05) is 14.1 Å². The highest BCUT2D eigenvalue weighted by Crippen LogP contribution is 2.13. The van der Waals surface area contributed by atoms with Gasteiger partial charge in [-0.1, -0.05) is 90.4 Å². The van der Waals surface area contributed by atoms with Gasteiger partial charge in [0.1, 0.15) is 5.78 Å². The maximum atomic E-state index is 11.6. The Hall–Kier alpha value is -0.0800. The van der Waals surface area contributed by atoms with E-state index >= 15 is 0 Å². The lowest BCUT2D eigenvalue weighted by atomic mass is 10.0. The lowest BCUT2D eigenvalue weighted by molar-refractivity contribution is -0.119. The van der Waals surface area contributed by atoms with Gasteiger partial charge in [-0.05, 0) is 20.5 Å². The highest BCUT2D eigenvalue weighted by atomic mass is 35.5. The molecule has 24 heavy (non-hydrogen) atoms. The van der Waals surface area contributed by atoms with Crippen LogP contribution in [0.1, 0.15) is 110 Å². The number of rotatable bonds is 18. The summed E-state index contributed by atoms with van der Waals surface area (Å²) in [4.78, 5) is 13.7. The summed E-state index contributed by atoms with van der Waals surface area (Å²) in [5.74, 6) is 0.442. The minimum atomic E-state index is 0. The lowest BCUT2D eigenvalue weighted by Gasteiger charge is -2.08. The van der Waals surface area contributed by atoms with E-state index in [0.717, 1.165) is 25.8 Å². The maximum absolute atomic E-state index is 11.6. The molecule has 0 atom stereocenters. The molecule has 3 heteroatoms. The Kier molecular flexibility index (Phi) is 22.8. The first-order chi connectivity index (χ1) is 11.2. The highest BCUT2D eigenvalue weighted by molar-refractivity contribution is 5.85. The van der Waals surface area contributed by atoms with Crippen molar-refractivity contribution >= 4 is 18.2 Å². The predicted octanol–water partition coefficient (Wildman–Crippen LogP) is 6.80. The molecular formula is C21H44ClNO. The minimum absolute atomic E-state index is 0. The van der Waals surface area contributed by atoms with E-state index in [0.29, 0.717) is 5.78 Å². The molecule has 0 aliphatic heterocycles. The molecule has 0 heterocycles. The molecule has 0 bridgehead atoms. The second kappa shape index (κ2) is 21.0. The Morgan fingerprint density at radius 1 is 0.625 bits per heavy atom. The Balaban J connectivity index is 0. The monoisotopic (exact) mass is 361 g/mol. The molecule has 0 aromatic rings. The van der Waals surface area contributed by atoms with Gasteiger partial charge in [-0.25, -0.2) is 0 Å². The van der Waals surface area contributed by atoms with Gasteiger partial charge in [0.15, 0.2) is 0 Å². The van der Waals surface area contributed by atoms with Crippen molar-refractivity contribution in [3.8, 4) is 0 Å². The second-order valence-electron chi connectivity index (χ2n) is 7.44. The average molecular weight is 362 g/mol. The van der Waals surface area contributed by atoms with Crippen LogP contribution in [0.2, 0.25) is 0 Å². The van der Waals surface area contributed by atoms with Gasteiger partial charge in [0.2, 0.25) is 0 Å². The Morgan fingerprint density at radius 2 is 1.00 bits per heavy atom.